The molecule has 2 atom stereocenters. The molecule has 16 nitrogen and oxygen atoms in total. The number of methoxy groups -OCH3 is 2. The smallest absolute Gasteiger partial charge is 0.262 e. The molecule has 6 heterocycles. The monoisotopic (exact) mass is 906 g/mol. The minimum atomic E-state index is -0.977. The van der Waals surface area contributed by atoms with Crippen molar-refractivity contribution in [3.8, 4) is 22.6 Å². The van der Waals surface area contributed by atoms with Gasteiger partial charge in [-0.25, -0.2) is 0 Å². The van der Waals surface area contributed by atoms with Crippen molar-refractivity contribution >= 4 is 56.6 Å². The van der Waals surface area contributed by atoms with E-state index in [1.807, 2.05) is 38.5 Å². The van der Waals surface area contributed by atoms with E-state index in [0.29, 0.717) is 39.4 Å². The predicted octanol–water partition coefficient (Wildman–Crippen LogP) is 3.93. The number of thiophene rings is 1. The summed E-state index contributed by atoms with van der Waals surface area (Å²) in [6.45, 7) is 8.03. The highest BCUT2D eigenvalue weighted by atomic mass is 32.1. The molecule has 65 heavy (non-hydrogen) atoms. The molecule has 4 aromatic rings. The summed E-state index contributed by atoms with van der Waals surface area (Å²) in [5.74, 6) is -0.718. The fourth-order valence-corrected chi connectivity index (χ4v) is 11.6. The van der Waals surface area contributed by atoms with E-state index in [2.05, 4.69) is 30.2 Å². The van der Waals surface area contributed by atoms with E-state index in [9.17, 15) is 28.8 Å². The molecule has 9 rings (SSSR count). The van der Waals surface area contributed by atoms with Crippen LogP contribution in [0, 0.1) is 5.41 Å². The molecule has 4 fully saturated rings. The van der Waals surface area contributed by atoms with E-state index in [0.717, 1.165) is 116 Å². The van der Waals surface area contributed by atoms with Gasteiger partial charge >= 0.3 is 0 Å². The molecule has 1 unspecified atom stereocenters. The van der Waals surface area contributed by atoms with Crippen LogP contribution in [0.15, 0.2) is 47.4 Å². The maximum atomic E-state index is 13.9. The van der Waals surface area contributed by atoms with Crippen molar-refractivity contribution < 1.29 is 33.4 Å². The lowest BCUT2D eigenvalue weighted by molar-refractivity contribution is -0.136. The summed E-state index contributed by atoms with van der Waals surface area (Å²) < 4.78 is 13.9. The summed E-state index contributed by atoms with van der Waals surface area (Å²) in [5.41, 5.74) is 4.05. The molecule has 0 bridgehead atoms. The van der Waals surface area contributed by atoms with Gasteiger partial charge in [0.25, 0.3) is 23.3 Å². The number of hydrogen-bond acceptors (Lipinski definition) is 13. The number of imide groups is 2. The highest BCUT2D eigenvalue weighted by Crippen LogP contribution is 2.49. The number of likely N-dealkylation sites (tertiary alicyclic amines) is 1. The molecule has 4 aliphatic heterocycles. The van der Waals surface area contributed by atoms with Crippen LogP contribution in [0.3, 0.4) is 0 Å². The van der Waals surface area contributed by atoms with Crippen LogP contribution in [0.4, 0.5) is 5.69 Å². The molecule has 3 saturated heterocycles. The van der Waals surface area contributed by atoms with Crippen LogP contribution in [-0.2, 0) is 23.2 Å². The number of piperidine rings is 2. The number of nitrogens with zero attached hydrogens (tertiary/aromatic N) is 6. The number of anilines is 1. The Morgan fingerprint density at radius 3 is 2.15 bits per heavy atom. The van der Waals surface area contributed by atoms with Crippen molar-refractivity contribution in [1.82, 2.24) is 34.8 Å². The lowest BCUT2D eigenvalue weighted by Crippen LogP contribution is -2.59. The summed E-state index contributed by atoms with van der Waals surface area (Å²) in [7, 11) is 9.01. The van der Waals surface area contributed by atoms with Crippen LogP contribution in [0.5, 0.6) is 11.5 Å². The van der Waals surface area contributed by atoms with Gasteiger partial charge in [0.05, 0.1) is 41.2 Å². The highest BCUT2D eigenvalue weighted by Gasteiger charge is 2.49. The zero-order chi connectivity index (χ0) is 45.7. The molecule has 1 saturated carbocycles. The quantitative estimate of drug-likeness (QED) is 0.186. The zero-order valence-electron chi connectivity index (χ0n) is 37.9. The predicted molar refractivity (Wildman–Crippen MR) is 248 cm³/mol. The van der Waals surface area contributed by atoms with E-state index in [1.54, 1.807) is 44.0 Å². The molecule has 344 valence electrons. The Labute approximate surface area is 382 Å². The average Bonchev–Trinajstić information content (AvgIpc) is 3.85. The standard InChI is InChI=1S/C48H58N8O8S/c1-51(2)27-35-37(63-4)23-29(24-38(35)64-5)34-28-52(3)45(60)33-26-39(65-42(33)34)44(59)49-40-11-12-48(40)13-17-53(18-14-48)15-6-16-54-19-21-55(22-20-54)30-7-8-31-32(25-30)47(62)56(46(31)61)36-9-10-41(57)50-43(36)58/h7-8,23-26,28,36,40H,6,9-22,27H2,1-5H3,(H,49,59)(H,50,57,58)/t36-,40?/m1/s1. The number of nitrogens with one attached hydrogen (secondary N) is 2. The fraction of sp³-hybridized carbons (Fsp3) is 0.500. The van der Waals surface area contributed by atoms with Crippen LogP contribution in [-0.4, -0.2) is 146 Å². The zero-order valence-corrected chi connectivity index (χ0v) is 38.7. The van der Waals surface area contributed by atoms with Crippen LogP contribution >= 0.6 is 11.3 Å². The SMILES string of the molecule is COc1cc(-c2cn(C)c(=O)c3cc(C(=O)NC4CCC45CCN(CCCN4CCN(c6ccc7c(c6)C(=O)N([C@@H]6CCC(=O)NC6=O)C7=O)CC4)CC5)sc23)cc(OC)c1CN(C)C. The molecular weight excluding hydrogens is 849 g/mol. The molecule has 5 aliphatic rings. The Morgan fingerprint density at radius 1 is 0.846 bits per heavy atom. The van der Waals surface area contributed by atoms with Gasteiger partial charge in [0.1, 0.15) is 17.5 Å². The number of hydrogen-bond donors (Lipinski definition) is 2. The van der Waals surface area contributed by atoms with E-state index in [-0.39, 0.29) is 35.8 Å². The van der Waals surface area contributed by atoms with Gasteiger partial charge in [0.2, 0.25) is 11.8 Å². The van der Waals surface area contributed by atoms with Gasteiger partial charge in [0, 0.05) is 74.4 Å². The molecule has 0 radical (unpaired) electrons. The van der Waals surface area contributed by atoms with Crippen molar-refractivity contribution in [1.29, 1.82) is 0 Å². The minimum Gasteiger partial charge on any atom is -0.496 e. The van der Waals surface area contributed by atoms with Crippen molar-refractivity contribution in [2.75, 3.05) is 85.6 Å². The molecular formula is C48H58N8O8S. The summed E-state index contributed by atoms with van der Waals surface area (Å²) in [4.78, 5) is 88.8. The lowest BCUT2D eigenvalue weighted by atomic mass is 9.59. The number of aromatic nitrogens is 1. The Bertz CT molecular complexity index is 2600. The second-order valence-electron chi connectivity index (χ2n) is 18.5. The van der Waals surface area contributed by atoms with Gasteiger partial charge in [-0.1, -0.05) is 0 Å². The maximum Gasteiger partial charge on any atom is 0.262 e. The van der Waals surface area contributed by atoms with Crippen LogP contribution in [0.1, 0.15) is 80.9 Å². The normalized spacial score (nSPS) is 21.3. The highest BCUT2D eigenvalue weighted by molar-refractivity contribution is 7.21. The first-order valence-electron chi connectivity index (χ1n) is 22.7. The molecule has 2 aromatic heterocycles. The Hall–Kier alpha value is -5.62. The summed E-state index contributed by atoms with van der Waals surface area (Å²) >= 11 is 1.36. The molecule has 1 aliphatic carbocycles. The van der Waals surface area contributed by atoms with E-state index >= 15 is 0 Å². The number of benzene rings is 2. The minimum absolute atomic E-state index is 0.0892. The first-order chi connectivity index (χ1) is 31.3. The molecule has 1 spiro atoms. The van der Waals surface area contributed by atoms with Crippen molar-refractivity contribution in [3.63, 3.8) is 0 Å². The van der Waals surface area contributed by atoms with Gasteiger partial charge < -0.3 is 34.1 Å². The van der Waals surface area contributed by atoms with Gasteiger partial charge in [-0.05, 0) is 126 Å². The number of piperazine rings is 1. The maximum absolute atomic E-state index is 13.9. The Morgan fingerprint density at radius 2 is 1.52 bits per heavy atom. The van der Waals surface area contributed by atoms with Crippen molar-refractivity contribution in [2.45, 2.75) is 63.6 Å². The third kappa shape index (κ3) is 8.43. The largest absolute Gasteiger partial charge is 0.496 e. The van der Waals surface area contributed by atoms with E-state index in [1.165, 1.54) is 11.3 Å². The summed E-state index contributed by atoms with van der Waals surface area (Å²) in [6, 6.07) is 10.2. The van der Waals surface area contributed by atoms with E-state index in [4.69, 9.17) is 9.47 Å². The first-order valence-corrected chi connectivity index (χ1v) is 23.5. The lowest BCUT2D eigenvalue weighted by Gasteiger charge is -2.54. The fourth-order valence-electron chi connectivity index (χ4n) is 10.6. The number of carbonyl (C=O) groups is 5. The van der Waals surface area contributed by atoms with Gasteiger partial charge in [-0.2, -0.15) is 0 Å². The second-order valence-corrected chi connectivity index (χ2v) is 19.6. The van der Waals surface area contributed by atoms with E-state index < -0.39 is 29.7 Å². The van der Waals surface area contributed by atoms with Crippen molar-refractivity contribution in [3.05, 3.63) is 74.5 Å². The number of aryl methyl sites for hydroxylation is 1. The average molecular weight is 907 g/mol. The third-order valence-electron chi connectivity index (χ3n) is 14.4. The third-order valence-corrected chi connectivity index (χ3v) is 15.6. The number of amides is 5. The first kappa shape index (κ1) is 44.6. The topological polar surface area (TPSA) is 166 Å². The number of carbonyl (C=O) groups excluding carboxylic acids is 5. The van der Waals surface area contributed by atoms with Gasteiger partial charge in [-0.15, -0.1) is 11.3 Å². The molecule has 2 aromatic carbocycles. The van der Waals surface area contributed by atoms with Crippen LogP contribution < -0.4 is 30.6 Å². The summed E-state index contributed by atoms with van der Waals surface area (Å²) in [6.07, 6.45) is 7.25. The molecule has 17 heteroatoms. The Balaban J connectivity index is 0.758. The second kappa shape index (κ2) is 18.0. The Kier molecular flexibility index (Phi) is 12.3. The number of rotatable bonds is 13. The van der Waals surface area contributed by atoms with Crippen LogP contribution in [0.2, 0.25) is 0 Å². The number of pyridine rings is 1. The number of ether oxygens (including phenoxy) is 2. The van der Waals surface area contributed by atoms with Gasteiger partial charge in [-0.3, -0.25) is 43.9 Å². The summed E-state index contributed by atoms with van der Waals surface area (Å²) in [5, 5.41) is 6.16. The van der Waals surface area contributed by atoms with Crippen molar-refractivity contribution in [2.24, 2.45) is 12.5 Å². The molecule has 5 amide bonds. The van der Waals surface area contributed by atoms with Crippen LogP contribution in [0.25, 0.3) is 21.2 Å². The van der Waals surface area contributed by atoms with Gasteiger partial charge in [0.15, 0.2) is 0 Å². The number of fused-ring (bicyclic) bond motifs is 2. The molecule has 2 N–H and O–H groups in total.